The van der Waals surface area contributed by atoms with Crippen molar-refractivity contribution in [1.29, 1.82) is 0 Å². The number of nitrogens with one attached hydrogen (secondary N) is 1. The maximum Gasteiger partial charge on any atom is 0.433 e. The Morgan fingerprint density at radius 3 is 2.59 bits per heavy atom. The third kappa shape index (κ3) is 4.98. The van der Waals surface area contributed by atoms with Crippen LogP contribution in [0.25, 0.3) is 0 Å². The molecule has 1 aromatic rings. The number of alkyl halides is 3. The first-order chi connectivity index (χ1) is 10.3. The number of hydrogen-bond donors (Lipinski definition) is 1. The zero-order valence-electron chi connectivity index (χ0n) is 12.8. The van der Waals surface area contributed by atoms with E-state index in [0.29, 0.717) is 0 Å². The Hall–Kier alpha value is -1.63. The van der Waals surface area contributed by atoms with E-state index in [1.165, 1.54) is 5.57 Å². The fraction of sp³-hybridized carbons (Fsp3) is 0.600. The van der Waals surface area contributed by atoms with E-state index in [-0.39, 0.29) is 11.9 Å². The van der Waals surface area contributed by atoms with Crippen molar-refractivity contribution in [2.45, 2.75) is 38.9 Å². The van der Waals surface area contributed by atoms with Gasteiger partial charge < -0.3 is 5.32 Å². The van der Waals surface area contributed by atoms with Crippen molar-refractivity contribution in [3.8, 4) is 0 Å². The Morgan fingerprint density at radius 2 is 2.00 bits per heavy atom. The molecule has 0 aliphatic carbocycles. The van der Waals surface area contributed by atoms with Gasteiger partial charge in [-0.25, -0.2) is 9.97 Å². The second kappa shape index (κ2) is 7.09. The molecule has 0 amide bonds. The standard InChI is InChI=1S/C15H21F3N4/c1-11(2)3-6-22-7-4-12(5-8-22)21-14-9-13(15(16,17)18)19-10-20-14/h3,9-10,12H,4-8H2,1-2H3,(H,19,20,21). The highest BCUT2D eigenvalue weighted by Crippen LogP contribution is 2.28. The molecule has 122 valence electrons. The van der Waals surface area contributed by atoms with Gasteiger partial charge in [0.15, 0.2) is 0 Å². The van der Waals surface area contributed by atoms with Crippen LogP contribution in [-0.4, -0.2) is 40.5 Å². The van der Waals surface area contributed by atoms with E-state index in [1.54, 1.807) is 0 Å². The topological polar surface area (TPSA) is 41.0 Å². The molecule has 2 rings (SSSR count). The molecule has 1 fully saturated rings. The lowest BCUT2D eigenvalue weighted by Gasteiger charge is -2.32. The molecule has 4 nitrogen and oxygen atoms in total. The summed E-state index contributed by atoms with van der Waals surface area (Å²) in [4.78, 5) is 9.49. The Bertz CT molecular complexity index is 516. The number of likely N-dealkylation sites (tertiary alicyclic amines) is 1. The van der Waals surface area contributed by atoms with Crippen molar-refractivity contribution in [2.24, 2.45) is 0 Å². The summed E-state index contributed by atoms with van der Waals surface area (Å²) in [5.74, 6) is 0.241. The molecule has 0 radical (unpaired) electrons. The molecule has 7 heteroatoms. The molecule has 2 heterocycles. The molecule has 1 aliphatic heterocycles. The van der Waals surface area contributed by atoms with Crippen molar-refractivity contribution >= 4 is 5.82 Å². The maximum atomic E-state index is 12.6. The van der Waals surface area contributed by atoms with Gasteiger partial charge in [-0.05, 0) is 26.7 Å². The summed E-state index contributed by atoms with van der Waals surface area (Å²) in [5, 5.41) is 3.09. The van der Waals surface area contributed by atoms with Crippen LogP contribution in [0.15, 0.2) is 24.0 Å². The van der Waals surface area contributed by atoms with Gasteiger partial charge in [0.1, 0.15) is 17.8 Å². The van der Waals surface area contributed by atoms with E-state index in [0.717, 1.165) is 44.9 Å². The first-order valence-corrected chi connectivity index (χ1v) is 7.36. The van der Waals surface area contributed by atoms with Gasteiger partial charge in [0, 0.05) is 31.7 Å². The number of hydrogen-bond acceptors (Lipinski definition) is 4. The Balaban J connectivity index is 1.87. The number of piperidine rings is 1. The smallest absolute Gasteiger partial charge is 0.367 e. The van der Waals surface area contributed by atoms with Crippen molar-refractivity contribution in [1.82, 2.24) is 14.9 Å². The SMILES string of the molecule is CC(C)=CCN1CCC(Nc2cc(C(F)(F)F)ncn2)CC1. The predicted molar refractivity (Wildman–Crippen MR) is 79.5 cm³/mol. The lowest BCUT2D eigenvalue weighted by atomic mass is 10.0. The van der Waals surface area contributed by atoms with Gasteiger partial charge in [-0.15, -0.1) is 0 Å². The number of anilines is 1. The van der Waals surface area contributed by atoms with Crippen molar-refractivity contribution in [3.05, 3.63) is 29.7 Å². The second-order valence-electron chi connectivity index (χ2n) is 5.79. The van der Waals surface area contributed by atoms with Crippen molar-refractivity contribution in [2.75, 3.05) is 25.0 Å². The van der Waals surface area contributed by atoms with Crippen LogP contribution >= 0.6 is 0 Å². The summed E-state index contributed by atoms with van der Waals surface area (Å²) < 4.78 is 37.9. The lowest BCUT2D eigenvalue weighted by molar-refractivity contribution is -0.141. The van der Waals surface area contributed by atoms with Gasteiger partial charge in [0.2, 0.25) is 0 Å². The first kappa shape index (κ1) is 16.7. The Morgan fingerprint density at radius 1 is 1.32 bits per heavy atom. The summed E-state index contributed by atoms with van der Waals surface area (Å²) in [6, 6.07) is 1.12. The maximum absolute atomic E-state index is 12.6. The van der Waals surface area contributed by atoms with Crippen LogP contribution in [-0.2, 0) is 6.18 Å². The summed E-state index contributed by atoms with van der Waals surface area (Å²) in [5.41, 5.74) is 0.381. The average Bonchev–Trinajstić information content (AvgIpc) is 2.46. The normalized spacial score (nSPS) is 17.3. The first-order valence-electron chi connectivity index (χ1n) is 7.36. The van der Waals surface area contributed by atoms with Crippen LogP contribution in [0, 0.1) is 0 Å². The minimum absolute atomic E-state index is 0.152. The highest BCUT2D eigenvalue weighted by Gasteiger charge is 2.33. The van der Waals surface area contributed by atoms with E-state index in [9.17, 15) is 13.2 Å². The second-order valence-corrected chi connectivity index (χ2v) is 5.79. The monoisotopic (exact) mass is 314 g/mol. The third-order valence-electron chi connectivity index (χ3n) is 3.65. The van der Waals surface area contributed by atoms with E-state index < -0.39 is 11.9 Å². The number of aromatic nitrogens is 2. The number of allylic oxidation sites excluding steroid dienone is 1. The largest absolute Gasteiger partial charge is 0.433 e. The van der Waals surface area contributed by atoms with Gasteiger partial charge in [0.25, 0.3) is 0 Å². The van der Waals surface area contributed by atoms with E-state index in [1.807, 2.05) is 0 Å². The van der Waals surface area contributed by atoms with Gasteiger partial charge in [-0.1, -0.05) is 11.6 Å². The molecule has 0 spiro atoms. The zero-order valence-corrected chi connectivity index (χ0v) is 12.8. The molecule has 0 atom stereocenters. The van der Waals surface area contributed by atoms with Crippen LogP contribution in [0.1, 0.15) is 32.4 Å². The zero-order chi connectivity index (χ0) is 16.2. The van der Waals surface area contributed by atoms with Gasteiger partial charge in [-0.2, -0.15) is 13.2 Å². The van der Waals surface area contributed by atoms with Gasteiger partial charge in [-0.3, -0.25) is 4.90 Å². The molecule has 22 heavy (non-hydrogen) atoms. The fourth-order valence-corrected chi connectivity index (χ4v) is 2.37. The average molecular weight is 314 g/mol. The molecular weight excluding hydrogens is 293 g/mol. The number of halogens is 3. The third-order valence-corrected chi connectivity index (χ3v) is 3.65. The van der Waals surface area contributed by atoms with Crippen molar-refractivity contribution in [3.63, 3.8) is 0 Å². The summed E-state index contributed by atoms with van der Waals surface area (Å²) in [7, 11) is 0. The summed E-state index contributed by atoms with van der Waals surface area (Å²) in [6.45, 7) is 6.93. The molecule has 1 saturated heterocycles. The predicted octanol–water partition coefficient (Wildman–Crippen LogP) is 3.34. The number of nitrogens with zero attached hydrogens (tertiary/aromatic N) is 3. The van der Waals surface area contributed by atoms with E-state index in [2.05, 4.69) is 40.1 Å². The molecule has 1 aliphatic rings. The highest BCUT2D eigenvalue weighted by molar-refractivity contribution is 5.36. The summed E-state index contributed by atoms with van der Waals surface area (Å²) >= 11 is 0. The van der Waals surface area contributed by atoms with Crippen LogP contribution < -0.4 is 5.32 Å². The van der Waals surface area contributed by atoms with Crippen LogP contribution in [0.4, 0.5) is 19.0 Å². The molecule has 0 aromatic carbocycles. The molecule has 1 N–H and O–H groups in total. The highest BCUT2D eigenvalue weighted by atomic mass is 19.4. The van der Waals surface area contributed by atoms with Gasteiger partial charge in [0.05, 0.1) is 0 Å². The Labute approximate surface area is 128 Å². The fourth-order valence-electron chi connectivity index (χ4n) is 2.37. The molecule has 0 unspecified atom stereocenters. The van der Waals surface area contributed by atoms with Crippen LogP contribution in [0.5, 0.6) is 0 Å². The van der Waals surface area contributed by atoms with Crippen molar-refractivity contribution < 1.29 is 13.2 Å². The molecule has 0 bridgehead atoms. The Kier molecular flexibility index (Phi) is 5.39. The van der Waals surface area contributed by atoms with E-state index in [4.69, 9.17) is 0 Å². The van der Waals surface area contributed by atoms with Crippen LogP contribution in [0.2, 0.25) is 0 Å². The minimum Gasteiger partial charge on any atom is -0.367 e. The van der Waals surface area contributed by atoms with Crippen LogP contribution in [0.3, 0.4) is 0 Å². The van der Waals surface area contributed by atoms with Gasteiger partial charge >= 0.3 is 6.18 Å². The number of rotatable bonds is 4. The molecular formula is C15H21F3N4. The van der Waals surface area contributed by atoms with E-state index >= 15 is 0 Å². The molecule has 1 aromatic heterocycles. The lowest BCUT2D eigenvalue weighted by Crippen LogP contribution is -2.39. The minimum atomic E-state index is -4.44. The quantitative estimate of drug-likeness (QED) is 0.866. The summed E-state index contributed by atoms with van der Waals surface area (Å²) in [6.07, 6.45) is 0.486. The molecule has 0 saturated carbocycles.